The van der Waals surface area contributed by atoms with E-state index in [9.17, 15) is 13.2 Å². The van der Waals surface area contributed by atoms with Gasteiger partial charge in [-0.25, -0.2) is 4.98 Å². The summed E-state index contributed by atoms with van der Waals surface area (Å²) in [5, 5.41) is 0. The van der Waals surface area contributed by atoms with E-state index in [1.54, 1.807) is 31.0 Å². The molecule has 27 heavy (non-hydrogen) atoms. The summed E-state index contributed by atoms with van der Waals surface area (Å²) in [7, 11) is 4.94. The summed E-state index contributed by atoms with van der Waals surface area (Å²) in [6, 6.07) is 8.66. The molecule has 0 saturated carbocycles. The van der Waals surface area contributed by atoms with Crippen LogP contribution in [0.3, 0.4) is 0 Å². The number of benzene rings is 1. The number of ether oxygens (including phenoxy) is 1. The molecule has 1 aliphatic heterocycles. The third-order valence-corrected chi connectivity index (χ3v) is 4.44. The minimum absolute atomic E-state index is 0.105. The van der Waals surface area contributed by atoms with Crippen LogP contribution in [0.4, 0.5) is 30.6 Å². The Morgan fingerprint density at radius 2 is 1.63 bits per heavy atom. The maximum Gasteiger partial charge on any atom is 0.433 e. The van der Waals surface area contributed by atoms with Gasteiger partial charge < -0.3 is 19.4 Å². The van der Waals surface area contributed by atoms with Crippen LogP contribution < -0.4 is 19.4 Å². The molecule has 2 heterocycles. The van der Waals surface area contributed by atoms with Crippen LogP contribution in [-0.2, 0) is 6.18 Å². The molecule has 2 aromatic rings. The molecule has 9 heteroatoms. The van der Waals surface area contributed by atoms with Crippen LogP contribution in [0.25, 0.3) is 0 Å². The van der Waals surface area contributed by atoms with Gasteiger partial charge in [-0.05, 0) is 12.1 Å². The number of hydrogen-bond donors (Lipinski definition) is 0. The monoisotopic (exact) mass is 381 g/mol. The van der Waals surface area contributed by atoms with Gasteiger partial charge in [0.25, 0.3) is 0 Å². The van der Waals surface area contributed by atoms with E-state index < -0.39 is 11.9 Å². The first-order valence-electron chi connectivity index (χ1n) is 8.56. The molecule has 1 aromatic carbocycles. The Bertz CT molecular complexity index is 789. The summed E-state index contributed by atoms with van der Waals surface area (Å²) in [5.41, 5.74) is 0.0435. The summed E-state index contributed by atoms with van der Waals surface area (Å²) in [6.45, 7) is 2.31. The van der Waals surface area contributed by atoms with E-state index in [4.69, 9.17) is 4.74 Å². The standard InChI is InChI=1S/C18H22F3N5O/c1-24(2)16-12-15(18(19,20)21)22-17(23-16)26-10-8-25(9-11-26)13-6-4-5-7-14(13)27-3/h4-7,12H,8-11H2,1-3H3. The summed E-state index contributed by atoms with van der Waals surface area (Å²) in [5.74, 6) is 1.11. The highest BCUT2D eigenvalue weighted by atomic mass is 19.4. The van der Waals surface area contributed by atoms with Crippen molar-refractivity contribution in [1.29, 1.82) is 0 Å². The van der Waals surface area contributed by atoms with Crippen LogP contribution in [0, 0.1) is 0 Å². The Morgan fingerprint density at radius 3 is 2.22 bits per heavy atom. The van der Waals surface area contributed by atoms with E-state index in [2.05, 4.69) is 14.9 Å². The zero-order chi connectivity index (χ0) is 19.6. The summed E-state index contributed by atoms with van der Waals surface area (Å²) in [4.78, 5) is 13.5. The maximum atomic E-state index is 13.2. The predicted octanol–water partition coefficient (Wildman–Crippen LogP) is 2.90. The third kappa shape index (κ3) is 4.17. The Hall–Kier alpha value is -2.71. The molecule has 0 radical (unpaired) electrons. The largest absolute Gasteiger partial charge is 0.495 e. The summed E-state index contributed by atoms with van der Waals surface area (Å²) >= 11 is 0. The fourth-order valence-corrected chi connectivity index (χ4v) is 2.98. The fraction of sp³-hybridized carbons (Fsp3) is 0.444. The Kier molecular flexibility index (Phi) is 5.29. The minimum Gasteiger partial charge on any atom is -0.495 e. The van der Waals surface area contributed by atoms with Crippen molar-refractivity contribution in [2.45, 2.75) is 6.18 Å². The first kappa shape index (κ1) is 19.1. The van der Waals surface area contributed by atoms with Gasteiger partial charge in [0.15, 0.2) is 5.69 Å². The van der Waals surface area contributed by atoms with Gasteiger partial charge in [0.1, 0.15) is 11.6 Å². The molecule has 0 bridgehead atoms. The lowest BCUT2D eigenvalue weighted by molar-refractivity contribution is -0.141. The highest BCUT2D eigenvalue weighted by molar-refractivity contribution is 5.59. The Morgan fingerprint density at radius 1 is 1.00 bits per heavy atom. The molecule has 0 N–H and O–H groups in total. The van der Waals surface area contributed by atoms with Crippen molar-refractivity contribution in [3.05, 3.63) is 36.0 Å². The van der Waals surface area contributed by atoms with E-state index in [1.807, 2.05) is 24.3 Å². The minimum atomic E-state index is -4.51. The topological polar surface area (TPSA) is 44.7 Å². The van der Waals surface area contributed by atoms with E-state index in [-0.39, 0.29) is 11.8 Å². The molecule has 146 valence electrons. The number of aromatic nitrogens is 2. The van der Waals surface area contributed by atoms with Gasteiger partial charge >= 0.3 is 6.18 Å². The van der Waals surface area contributed by atoms with Crippen molar-refractivity contribution in [3.63, 3.8) is 0 Å². The van der Waals surface area contributed by atoms with Gasteiger partial charge in [0.05, 0.1) is 12.8 Å². The van der Waals surface area contributed by atoms with Gasteiger partial charge in [-0.3, -0.25) is 0 Å². The second kappa shape index (κ2) is 7.50. The maximum absolute atomic E-state index is 13.2. The number of alkyl halides is 3. The second-order valence-corrected chi connectivity index (χ2v) is 6.45. The van der Waals surface area contributed by atoms with E-state index in [0.29, 0.717) is 26.2 Å². The van der Waals surface area contributed by atoms with Gasteiger partial charge in [-0.2, -0.15) is 18.2 Å². The lowest BCUT2D eigenvalue weighted by Crippen LogP contribution is -2.47. The van der Waals surface area contributed by atoms with Crippen molar-refractivity contribution in [2.75, 3.05) is 62.1 Å². The predicted molar refractivity (Wildman–Crippen MR) is 98.8 cm³/mol. The van der Waals surface area contributed by atoms with Crippen LogP contribution in [-0.4, -0.2) is 57.4 Å². The molecule has 0 spiro atoms. The molecule has 1 aromatic heterocycles. The molecule has 1 fully saturated rings. The number of rotatable bonds is 4. The van der Waals surface area contributed by atoms with Gasteiger partial charge in [0, 0.05) is 46.3 Å². The molecule has 0 amide bonds. The molecular formula is C18H22F3N5O. The highest BCUT2D eigenvalue weighted by Gasteiger charge is 2.35. The fourth-order valence-electron chi connectivity index (χ4n) is 2.98. The highest BCUT2D eigenvalue weighted by Crippen LogP contribution is 2.32. The summed E-state index contributed by atoms with van der Waals surface area (Å²) in [6.07, 6.45) is -4.51. The van der Waals surface area contributed by atoms with Crippen LogP contribution in [0.15, 0.2) is 30.3 Å². The quantitative estimate of drug-likeness (QED) is 0.812. The number of para-hydroxylation sites is 2. The van der Waals surface area contributed by atoms with Crippen molar-refractivity contribution < 1.29 is 17.9 Å². The Labute approximate surface area is 156 Å². The van der Waals surface area contributed by atoms with Crippen LogP contribution >= 0.6 is 0 Å². The molecule has 1 saturated heterocycles. The number of piperazine rings is 1. The van der Waals surface area contributed by atoms with Crippen molar-refractivity contribution in [1.82, 2.24) is 9.97 Å². The number of halogens is 3. The molecule has 0 unspecified atom stereocenters. The number of methoxy groups -OCH3 is 1. The van der Waals surface area contributed by atoms with Gasteiger partial charge in [0.2, 0.25) is 5.95 Å². The molecule has 1 aliphatic rings. The van der Waals surface area contributed by atoms with E-state index >= 15 is 0 Å². The zero-order valence-electron chi connectivity index (χ0n) is 15.5. The smallest absolute Gasteiger partial charge is 0.433 e. The van der Waals surface area contributed by atoms with Crippen molar-refractivity contribution in [3.8, 4) is 5.75 Å². The Balaban J connectivity index is 1.80. The molecule has 3 rings (SSSR count). The summed E-state index contributed by atoms with van der Waals surface area (Å²) < 4.78 is 45.0. The number of anilines is 3. The third-order valence-electron chi connectivity index (χ3n) is 4.44. The SMILES string of the molecule is COc1ccccc1N1CCN(c2nc(N(C)C)cc(C(F)(F)F)n2)CC1. The number of nitrogens with zero attached hydrogens (tertiary/aromatic N) is 5. The lowest BCUT2D eigenvalue weighted by atomic mass is 10.2. The van der Waals surface area contributed by atoms with Crippen LogP contribution in [0.5, 0.6) is 5.75 Å². The van der Waals surface area contributed by atoms with E-state index in [0.717, 1.165) is 17.5 Å². The van der Waals surface area contributed by atoms with Gasteiger partial charge in [-0.1, -0.05) is 12.1 Å². The van der Waals surface area contributed by atoms with Crippen LogP contribution in [0.2, 0.25) is 0 Å². The molecular weight excluding hydrogens is 359 g/mol. The van der Waals surface area contributed by atoms with Crippen LogP contribution in [0.1, 0.15) is 5.69 Å². The number of hydrogen-bond acceptors (Lipinski definition) is 6. The molecule has 0 aliphatic carbocycles. The first-order chi connectivity index (χ1) is 12.8. The molecule has 6 nitrogen and oxygen atoms in total. The molecule has 0 atom stereocenters. The lowest BCUT2D eigenvalue weighted by Gasteiger charge is -2.37. The normalized spacial score (nSPS) is 15.0. The average Bonchev–Trinajstić information content (AvgIpc) is 2.67. The van der Waals surface area contributed by atoms with Crippen molar-refractivity contribution >= 4 is 17.5 Å². The zero-order valence-corrected chi connectivity index (χ0v) is 15.5. The van der Waals surface area contributed by atoms with Gasteiger partial charge in [-0.15, -0.1) is 0 Å². The van der Waals surface area contributed by atoms with Crippen molar-refractivity contribution in [2.24, 2.45) is 0 Å². The van der Waals surface area contributed by atoms with E-state index in [1.165, 1.54) is 0 Å². The second-order valence-electron chi connectivity index (χ2n) is 6.45. The average molecular weight is 381 g/mol. The first-order valence-corrected chi connectivity index (χ1v) is 8.56.